The highest BCUT2D eigenvalue weighted by Gasteiger charge is 2.19. The summed E-state index contributed by atoms with van der Waals surface area (Å²) >= 11 is 3.21. The van der Waals surface area contributed by atoms with Crippen molar-refractivity contribution in [2.75, 3.05) is 18.8 Å². The Morgan fingerprint density at radius 3 is 2.82 bits per heavy atom. The molecule has 0 unspecified atom stereocenters. The van der Waals surface area contributed by atoms with Crippen molar-refractivity contribution in [2.45, 2.75) is 9.59 Å². The Kier molecular flexibility index (Phi) is 1.97. The Labute approximate surface area is 72.6 Å². The van der Waals surface area contributed by atoms with Crippen LogP contribution in [0.2, 0.25) is 0 Å². The number of thioether (sulfide) groups is 1. The van der Waals surface area contributed by atoms with E-state index in [-0.39, 0.29) is 0 Å². The van der Waals surface area contributed by atoms with E-state index in [1.165, 1.54) is 11.3 Å². The largest absolute Gasteiger partial charge is 0.374 e. The monoisotopic (exact) mass is 188 g/mol. The summed E-state index contributed by atoms with van der Waals surface area (Å²) in [5.41, 5.74) is 5.43. The second kappa shape index (κ2) is 2.96. The number of hydrogen-bond donors (Lipinski definition) is 2. The van der Waals surface area contributed by atoms with Gasteiger partial charge in [-0.15, -0.1) is 10.2 Å². The summed E-state index contributed by atoms with van der Waals surface area (Å²) in [6.07, 6.45) is 0. The summed E-state index contributed by atoms with van der Waals surface area (Å²) in [5.74, 6) is 0. The van der Waals surface area contributed by atoms with Crippen molar-refractivity contribution in [1.29, 1.82) is 0 Å². The third-order valence-electron chi connectivity index (χ3n) is 1.43. The van der Waals surface area contributed by atoms with Gasteiger partial charge < -0.3 is 11.1 Å². The van der Waals surface area contributed by atoms with Crippen molar-refractivity contribution >= 4 is 28.2 Å². The molecule has 11 heavy (non-hydrogen) atoms. The van der Waals surface area contributed by atoms with Crippen LogP contribution in [0.4, 0.5) is 5.13 Å². The molecule has 0 amide bonds. The number of nitrogens with one attached hydrogen (secondary N) is 1. The first-order valence-corrected chi connectivity index (χ1v) is 5.00. The summed E-state index contributed by atoms with van der Waals surface area (Å²) < 4.78 is 0.981. The van der Waals surface area contributed by atoms with Crippen LogP contribution < -0.4 is 11.1 Å². The fraction of sp³-hybridized carbons (Fsp3) is 0.600. The molecule has 6 heteroatoms. The van der Waals surface area contributed by atoms with E-state index < -0.39 is 0 Å². The quantitative estimate of drug-likeness (QED) is 0.693. The Hall–Kier alpha value is -0.330. The topological polar surface area (TPSA) is 63.8 Å². The molecule has 1 aromatic heterocycles. The summed E-state index contributed by atoms with van der Waals surface area (Å²) in [7, 11) is 0. The fourth-order valence-electron chi connectivity index (χ4n) is 0.756. The SMILES string of the molecule is Nc1nnc(SC2CNC2)s1. The van der Waals surface area contributed by atoms with Crippen LogP contribution in [0.15, 0.2) is 4.34 Å². The number of nitrogen functional groups attached to an aromatic ring is 1. The molecule has 1 saturated heterocycles. The Morgan fingerprint density at radius 1 is 1.55 bits per heavy atom. The third-order valence-corrected chi connectivity index (χ3v) is 3.47. The lowest BCUT2D eigenvalue weighted by atomic mass is 10.3. The molecule has 1 aliphatic heterocycles. The maximum atomic E-state index is 5.43. The highest BCUT2D eigenvalue weighted by Crippen LogP contribution is 2.28. The van der Waals surface area contributed by atoms with E-state index in [0.29, 0.717) is 10.4 Å². The van der Waals surface area contributed by atoms with Crippen LogP contribution in [0.5, 0.6) is 0 Å². The Bertz CT molecular complexity index is 244. The molecule has 2 rings (SSSR count). The lowest BCUT2D eigenvalue weighted by molar-refractivity contribution is 0.543. The molecule has 0 aromatic carbocycles. The molecule has 1 fully saturated rings. The van der Waals surface area contributed by atoms with E-state index in [9.17, 15) is 0 Å². The van der Waals surface area contributed by atoms with Gasteiger partial charge in [0.15, 0.2) is 4.34 Å². The zero-order chi connectivity index (χ0) is 7.68. The van der Waals surface area contributed by atoms with E-state index in [2.05, 4.69) is 15.5 Å². The van der Waals surface area contributed by atoms with Gasteiger partial charge >= 0.3 is 0 Å². The van der Waals surface area contributed by atoms with Crippen LogP contribution in [0.25, 0.3) is 0 Å². The minimum Gasteiger partial charge on any atom is -0.374 e. The smallest absolute Gasteiger partial charge is 0.203 e. The van der Waals surface area contributed by atoms with E-state index in [0.717, 1.165) is 17.4 Å². The van der Waals surface area contributed by atoms with Crippen molar-refractivity contribution in [3.05, 3.63) is 0 Å². The van der Waals surface area contributed by atoms with E-state index in [1.807, 2.05) is 0 Å². The molecule has 0 bridgehead atoms. The molecule has 60 valence electrons. The van der Waals surface area contributed by atoms with E-state index in [4.69, 9.17) is 5.73 Å². The number of rotatable bonds is 2. The van der Waals surface area contributed by atoms with Crippen molar-refractivity contribution < 1.29 is 0 Å². The van der Waals surface area contributed by atoms with Crippen molar-refractivity contribution in [1.82, 2.24) is 15.5 Å². The number of nitrogens with two attached hydrogens (primary N) is 1. The molecule has 0 aliphatic carbocycles. The first kappa shape index (κ1) is 7.33. The lowest BCUT2D eigenvalue weighted by Crippen LogP contribution is -2.44. The van der Waals surface area contributed by atoms with Crippen molar-refractivity contribution in [3.8, 4) is 0 Å². The molecular formula is C5H8N4S2. The standard InChI is InChI=1S/C5H8N4S2/c6-4-8-9-5(11-4)10-3-1-7-2-3/h3,7H,1-2H2,(H2,6,8). The highest BCUT2D eigenvalue weighted by molar-refractivity contribution is 8.01. The number of anilines is 1. The van der Waals surface area contributed by atoms with Gasteiger partial charge in [0.25, 0.3) is 0 Å². The summed E-state index contributed by atoms with van der Waals surface area (Å²) in [6.45, 7) is 2.15. The fourth-order valence-corrected chi connectivity index (χ4v) is 2.73. The summed E-state index contributed by atoms with van der Waals surface area (Å²) in [4.78, 5) is 0. The number of nitrogens with zero attached hydrogens (tertiary/aromatic N) is 2. The maximum absolute atomic E-state index is 5.43. The third kappa shape index (κ3) is 1.63. The van der Waals surface area contributed by atoms with Crippen molar-refractivity contribution in [2.24, 2.45) is 0 Å². The lowest BCUT2D eigenvalue weighted by Gasteiger charge is -2.24. The molecule has 0 saturated carbocycles. The van der Waals surface area contributed by atoms with Gasteiger partial charge in [0.2, 0.25) is 5.13 Å². The van der Waals surface area contributed by atoms with Gasteiger partial charge in [-0.25, -0.2) is 0 Å². The molecule has 0 radical (unpaired) electrons. The highest BCUT2D eigenvalue weighted by atomic mass is 32.2. The Balaban J connectivity index is 1.95. The first-order valence-electron chi connectivity index (χ1n) is 3.31. The first-order chi connectivity index (χ1) is 5.34. The van der Waals surface area contributed by atoms with Crippen LogP contribution in [0.3, 0.4) is 0 Å². The van der Waals surface area contributed by atoms with Gasteiger partial charge in [0.05, 0.1) is 0 Å². The molecule has 0 spiro atoms. The predicted molar refractivity (Wildman–Crippen MR) is 46.8 cm³/mol. The van der Waals surface area contributed by atoms with Crippen LogP contribution >= 0.6 is 23.1 Å². The maximum Gasteiger partial charge on any atom is 0.203 e. The van der Waals surface area contributed by atoms with Gasteiger partial charge in [-0.1, -0.05) is 23.1 Å². The second-order valence-corrected chi connectivity index (χ2v) is 4.86. The molecular weight excluding hydrogens is 180 g/mol. The van der Waals surface area contributed by atoms with Gasteiger partial charge in [-0.05, 0) is 0 Å². The summed E-state index contributed by atoms with van der Waals surface area (Å²) in [6, 6.07) is 0. The molecule has 1 aromatic rings. The van der Waals surface area contributed by atoms with Crippen LogP contribution in [-0.4, -0.2) is 28.5 Å². The van der Waals surface area contributed by atoms with E-state index in [1.54, 1.807) is 11.8 Å². The normalized spacial score (nSPS) is 18.2. The predicted octanol–water partition coefficient (Wildman–Crippen LogP) is 0.184. The number of aromatic nitrogens is 2. The average Bonchev–Trinajstić information content (AvgIpc) is 2.27. The van der Waals surface area contributed by atoms with Gasteiger partial charge in [-0.3, -0.25) is 0 Å². The zero-order valence-corrected chi connectivity index (χ0v) is 7.41. The van der Waals surface area contributed by atoms with Gasteiger partial charge in [0.1, 0.15) is 0 Å². The summed E-state index contributed by atoms with van der Waals surface area (Å²) in [5, 5.41) is 12.1. The minimum atomic E-state index is 0.555. The number of hydrogen-bond acceptors (Lipinski definition) is 6. The molecule has 2 heterocycles. The molecule has 4 nitrogen and oxygen atoms in total. The van der Waals surface area contributed by atoms with Crippen LogP contribution in [0.1, 0.15) is 0 Å². The average molecular weight is 188 g/mol. The molecule has 1 aliphatic rings. The minimum absolute atomic E-state index is 0.555. The second-order valence-electron chi connectivity index (χ2n) is 2.30. The Morgan fingerprint density at radius 2 is 2.36 bits per heavy atom. The molecule has 3 N–H and O–H groups in total. The van der Waals surface area contributed by atoms with Crippen molar-refractivity contribution in [3.63, 3.8) is 0 Å². The van der Waals surface area contributed by atoms with Crippen LogP contribution in [0, 0.1) is 0 Å². The zero-order valence-electron chi connectivity index (χ0n) is 5.78. The van der Waals surface area contributed by atoms with Gasteiger partial charge in [-0.2, -0.15) is 0 Å². The van der Waals surface area contributed by atoms with Crippen LogP contribution in [-0.2, 0) is 0 Å². The van der Waals surface area contributed by atoms with E-state index >= 15 is 0 Å². The molecule has 0 atom stereocenters. The van der Waals surface area contributed by atoms with Gasteiger partial charge in [0, 0.05) is 18.3 Å².